The number of nitrogens with zero attached hydrogens (tertiary/aromatic N) is 1. The zero-order valence-electron chi connectivity index (χ0n) is 14.6. The first-order valence-electron chi connectivity index (χ1n) is 8.82. The van der Waals surface area contributed by atoms with Crippen LogP contribution in [0, 0.1) is 11.6 Å². The molecule has 3 N–H and O–H groups in total. The summed E-state index contributed by atoms with van der Waals surface area (Å²) >= 11 is 0. The van der Waals surface area contributed by atoms with Gasteiger partial charge in [0, 0.05) is 26.2 Å². The lowest BCUT2D eigenvalue weighted by Gasteiger charge is -2.29. The maximum Gasteiger partial charge on any atom is 0.323 e. The van der Waals surface area contributed by atoms with E-state index >= 15 is 0 Å². The second-order valence-corrected chi connectivity index (χ2v) is 6.57. The minimum atomic E-state index is -0.556. The van der Waals surface area contributed by atoms with Gasteiger partial charge in [0.2, 0.25) is 0 Å². The molecule has 0 amide bonds. The topological polar surface area (TPSA) is 73.2 Å². The molecule has 0 saturated carbocycles. The fraction of sp³-hybridized carbons (Fsp3) is 0.316. The Kier molecular flexibility index (Phi) is 4.91. The molecule has 6 nitrogen and oxygen atoms in total. The number of nitrogens with one attached hydrogen (secondary N) is 3. The molecule has 4 rings (SSSR count). The Morgan fingerprint density at radius 2 is 1.63 bits per heavy atom. The molecule has 0 radical (unpaired) electrons. The van der Waals surface area contributed by atoms with E-state index in [1.165, 1.54) is 12.1 Å². The van der Waals surface area contributed by atoms with Crippen molar-refractivity contribution < 1.29 is 13.5 Å². The fourth-order valence-electron chi connectivity index (χ4n) is 3.35. The van der Waals surface area contributed by atoms with Crippen molar-refractivity contribution in [1.82, 2.24) is 15.3 Å². The molecule has 0 spiro atoms. The summed E-state index contributed by atoms with van der Waals surface area (Å²) in [5.74, 6) is -1.11. The van der Waals surface area contributed by atoms with Crippen molar-refractivity contribution >= 4 is 16.7 Å². The van der Waals surface area contributed by atoms with E-state index < -0.39 is 11.6 Å². The van der Waals surface area contributed by atoms with Crippen molar-refractivity contribution in [3.05, 3.63) is 63.6 Å². The fourth-order valence-corrected chi connectivity index (χ4v) is 3.35. The van der Waals surface area contributed by atoms with Crippen LogP contribution < -0.4 is 15.9 Å². The number of rotatable bonds is 5. The molecule has 3 aromatic rings. The summed E-state index contributed by atoms with van der Waals surface area (Å²) in [6.45, 7) is 2.75. The van der Waals surface area contributed by atoms with Gasteiger partial charge in [0.25, 0.3) is 0 Å². The normalized spacial score (nSPS) is 14.8. The minimum absolute atomic E-state index is 0.0175. The van der Waals surface area contributed by atoms with Crippen molar-refractivity contribution in [3.8, 4) is 0 Å². The molecule has 0 atom stereocenters. The van der Waals surface area contributed by atoms with Crippen LogP contribution in [0.15, 0.2) is 35.1 Å². The molecule has 142 valence electrons. The van der Waals surface area contributed by atoms with Crippen LogP contribution in [0.25, 0.3) is 11.0 Å². The Bertz CT molecular complexity index is 985. The van der Waals surface area contributed by atoms with Gasteiger partial charge in [0.15, 0.2) is 0 Å². The van der Waals surface area contributed by atoms with Crippen LogP contribution >= 0.6 is 0 Å². The Labute approximate surface area is 154 Å². The van der Waals surface area contributed by atoms with E-state index in [1.807, 2.05) is 18.2 Å². The predicted molar refractivity (Wildman–Crippen MR) is 98.9 cm³/mol. The van der Waals surface area contributed by atoms with E-state index in [9.17, 15) is 13.6 Å². The summed E-state index contributed by atoms with van der Waals surface area (Å²) in [6.07, 6.45) is 0. The number of halogens is 2. The molecular weight excluding hydrogens is 354 g/mol. The number of morpholine rings is 1. The van der Waals surface area contributed by atoms with Gasteiger partial charge >= 0.3 is 5.69 Å². The first-order chi connectivity index (χ1) is 13.1. The number of H-pyrrole nitrogens is 2. The van der Waals surface area contributed by atoms with E-state index in [0.717, 1.165) is 16.6 Å². The second kappa shape index (κ2) is 7.50. The van der Waals surface area contributed by atoms with Crippen molar-refractivity contribution in [3.63, 3.8) is 0 Å². The van der Waals surface area contributed by atoms with Gasteiger partial charge in [-0.15, -0.1) is 0 Å². The average molecular weight is 374 g/mol. The van der Waals surface area contributed by atoms with Crippen molar-refractivity contribution in [1.29, 1.82) is 0 Å². The van der Waals surface area contributed by atoms with Crippen LogP contribution in [-0.4, -0.2) is 36.3 Å². The molecule has 1 aromatic heterocycles. The molecule has 0 aliphatic carbocycles. The zero-order chi connectivity index (χ0) is 18.8. The van der Waals surface area contributed by atoms with Crippen LogP contribution in [0.3, 0.4) is 0 Å². The molecule has 1 saturated heterocycles. The highest BCUT2D eigenvalue weighted by Crippen LogP contribution is 2.26. The van der Waals surface area contributed by atoms with Crippen LogP contribution in [0.5, 0.6) is 0 Å². The maximum atomic E-state index is 14.4. The molecule has 1 aliphatic rings. The smallest absolute Gasteiger partial charge is 0.323 e. The lowest BCUT2D eigenvalue weighted by molar-refractivity contribution is 0.122. The van der Waals surface area contributed by atoms with Gasteiger partial charge in [0.1, 0.15) is 17.3 Å². The number of fused-ring (bicyclic) bond motifs is 1. The van der Waals surface area contributed by atoms with Gasteiger partial charge in [-0.2, -0.15) is 0 Å². The molecule has 2 aromatic carbocycles. The van der Waals surface area contributed by atoms with E-state index in [-0.39, 0.29) is 11.4 Å². The number of hydrogen-bond acceptors (Lipinski definition) is 4. The summed E-state index contributed by atoms with van der Waals surface area (Å²) in [7, 11) is 0. The number of aromatic amines is 2. The number of aromatic nitrogens is 2. The number of benzene rings is 2. The third-order valence-corrected chi connectivity index (χ3v) is 4.64. The Morgan fingerprint density at radius 3 is 2.37 bits per heavy atom. The number of hydrogen-bond donors (Lipinski definition) is 3. The summed E-state index contributed by atoms with van der Waals surface area (Å²) in [4.78, 5) is 18.4. The quantitative estimate of drug-likeness (QED) is 0.641. The van der Waals surface area contributed by atoms with E-state index in [0.29, 0.717) is 45.0 Å². The molecule has 8 heteroatoms. The highest BCUT2D eigenvalue weighted by Gasteiger charge is 2.20. The van der Waals surface area contributed by atoms with E-state index in [2.05, 4.69) is 15.3 Å². The van der Waals surface area contributed by atoms with Gasteiger partial charge in [-0.3, -0.25) is 0 Å². The molecule has 0 bridgehead atoms. The Balaban J connectivity index is 1.42. The SMILES string of the molecule is O=c1[nH]c2ccc(CNCc3cc(F)c(N4CCOCC4)c(F)c3)cc2[nH]1. The standard InChI is InChI=1S/C19H20F2N4O2/c20-14-7-13(8-15(21)18(14)25-3-5-27-6-4-25)11-22-10-12-1-2-16-17(9-12)24-19(26)23-16/h1-2,7-9,22H,3-6,10-11H2,(H2,23,24,26). The minimum Gasteiger partial charge on any atom is -0.378 e. The lowest BCUT2D eigenvalue weighted by atomic mass is 10.1. The Morgan fingerprint density at radius 1 is 0.963 bits per heavy atom. The summed E-state index contributed by atoms with van der Waals surface area (Å²) in [6, 6.07) is 8.31. The van der Waals surface area contributed by atoms with Crippen LogP contribution in [0.1, 0.15) is 11.1 Å². The third-order valence-electron chi connectivity index (χ3n) is 4.64. The van der Waals surface area contributed by atoms with Gasteiger partial charge in [0.05, 0.1) is 24.2 Å². The first-order valence-corrected chi connectivity index (χ1v) is 8.82. The van der Waals surface area contributed by atoms with Gasteiger partial charge < -0.3 is 24.9 Å². The average Bonchev–Trinajstić information content (AvgIpc) is 3.01. The van der Waals surface area contributed by atoms with Crippen molar-refractivity contribution in [2.45, 2.75) is 13.1 Å². The van der Waals surface area contributed by atoms with Crippen LogP contribution in [0.2, 0.25) is 0 Å². The van der Waals surface area contributed by atoms with E-state index in [4.69, 9.17) is 4.74 Å². The van der Waals surface area contributed by atoms with Gasteiger partial charge in [-0.1, -0.05) is 6.07 Å². The number of imidazole rings is 1. The van der Waals surface area contributed by atoms with Crippen molar-refractivity contribution in [2.75, 3.05) is 31.2 Å². The monoisotopic (exact) mass is 374 g/mol. The molecule has 27 heavy (non-hydrogen) atoms. The lowest BCUT2D eigenvalue weighted by Crippen LogP contribution is -2.37. The summed E-state index contributed by atoms with van der Waals surface area (Å²) < 4.78 is 34.1. The summed E-state index contributed by atoms with van der Waals surface area (Å²) in [5.41, 5.74) is 2.74. The van der Waals surface area contributed by atoms with Crippen LogP contribution in [-0.2, 0) is 17.8 Å². The molecular formula is C19H20F2N4O2. The highest BCUT2D eigenvalue weighted by molar-refractivity contribution is 5.74. The molecule has 2 heterocycles. The first kappa shape index (κ1) is 17.7. The second-order valence-electron chi connectivity index (χ2n) is 6.57. The number of ether oxygens (including phenoxy) is 1. The zero-order valence-corrected chi connectivity index (χ0v) is 14.6. The number of anilines is 1. The predicted octanol–water partition coefficient (Wildman–Crippen LogP) is 2.26. The molecule has 0 unspecified atom stereocenters. The highest BCUT2D eigenvalue weighted by atomic mass is 19.1. The molecule has 1 aliphatic heterocycles. The molecule has 1 fully saturated rings. The Hall–Kier alpha value is -2.71. The largest absolute Gasteiger partial charge is 0.378 e. The van der Waals surface area contributed by atoms with E-state index in [1.54, 1.807) is 4.90 Å². The van der Waals surface area contributed by atoms with Crippen molar-refractivity contribution in [2.24, 2.45) is 0 Å². The third kappa shape index (κ3) is 3.86. The van der Waals surface area contributed by atoms with Gasteiger partial charge in [-0.05, 0) is 35.4 Å². The van der Waals surface area contributed by atoms with Crippen LogP contribution in [0.4, 0.5) is 14.5 Å². The maximum absolute atomic E-state index is 14.4. The van der Waals surface area contributed by atoms with Gasteiger partial charge in [-0.25, -0.2) is 13.6 Å². The summed E-state index contributed by atoms with van der Waals surface area (Å²) in [5, 5.41) is 3.17.